The maximum absolute atomic E-state index is 3.55. The Bertz CT molecular complexity index is 492. The van der Waals surface area contributed by atoms with Crippen molar-refractivity contribution < 1.29 is 0 Å². The summed E-state index contributed by atoms with van der Waals surface area (Å²) in [5, 5.41) is 3.55. The molecule has 18 heavy (non-hydrogen) atoms. The van der Waals surface area contributed by atoms with E-state index in [1.165, 1.54) is 24.9 Å². The second-order valence-electron chi connectivity index (χ2n) is 6.97. The molecule has 0 amide bonds. The summed E-state index contributed by atoms with van der Waals surface area (Å²) in [6.07, 6.45) is 2.71. The molecule has 2 nitrogen and oxygen atoms in total. The Balaban J connectivity index is 1.86. The monoisotopic (exact) mass is 242 g/mol. The van der Waals surface area contributed by atoms with E-state index in [0.717, 1.165) is 25.0 Å². The molecule has 0 bridgehead atoms. The molecule has 1 saturated carbocycles. The molecule has 3 aliphatic rings. The Kier molecular flexibility index (Phi) is 2.12. The quantitative estimate of drug-likeness (QED) is 0.752. The van der Waals surface area contributed by atoms with Crippen molar-refractivity contribution in [3.05, 3.63) is 29.3 Å². The molecule has 96 valence electrons. The second kappa shape index (κ2) is 3.51. The van der Waals surface area contributed by atoms with Crippen LogP contribution in [-0.2, 0) is 6.54 Å². The molecule has 1 fully saturated rings. The van der Waals surface area contributed by atoms with E-state index in [2.05, 4.69) is 42.3 Å². The van der Waals surface area contributed by atoms with Gasteiger partial charge in [-0.1, -0.05) is 32.0 Å². The van der Waals surface area contributed by atoms with E-state index in [4.69, 9.17) is 0 Å². The lowest BCUT2D eigenvalue weighted by molar-refractivity contribution is 0.368. The van der Waals surface area contributed by atoms with E-state index in [-0.39, 0.29) is 0 Å². The molecule has 2 heterocycles. The zero-order chi connectivity index (χ0) is 12.3. The van der Waals surface area contributed by atoms with E-state index >= 15 is 0 Å². The van der Waals surface area contributed by atoms with Crippen molar-refractivity contribution in [1.82, 2.24) is 5.32 Å². The van der Waals surface area contributed by atoms with Gasteiger partial charge in [0, 0.05) is 37.3 Å². The fourth-order valence-electron chi connectivity index (χ4n) is 4.44. The van der Waals surface area contributed by atoms with Crippen LogP contribution in [0.25, 0.3) is 0 Å². The van der Waals surface area contributed by atoms with Crippen molar-refractivity contribution in [2.45, 2.75) is 45.2 Å². The first-order valence-corrected chi connectivity index (χ1v) is 7.25. The smallest absolute Gasteiger partial charge is 0.0451 e. The van der Waals surface area contributed by atoms with Gasteiger partial charge in [-0.15, -0.1) is 0 Å². The predicted molar refractivity (Wildman–Crippen MR) is 75.0 cm³/mol. The van der Waals surface area contributed by atoms with Crippen molar-refractivity contribution in [2.24, 2.45) is 5.41 Å². The lowest BCUT2D eigenvalue weighted by Crippen LogP contribution is -2.35. The standard InChI is InChI=1S/C16H22N2/c1-16(2)8-13-12-5-3-4-11-10-17-6-7-18(15(11)12)14(13)9-16/h3-5,13-14,17H,6-10H2,1-2H3/t13-,14-/m1/s1. The van der Waals surface area contributed by atoms with Gasteiger partial charge < -0.3 is 10.2 Å². The highest BCUT2D eigenvalue weighted by Gasteiger charge is 2.48. The van der Waals surface area contributed by atoms with Crippen LogP contribution < -0.4 is 10.2 Å². The van der Waals surface area contributed by atoms with Crippen LogP contribution in [0.3, 0.4) is 0 Å². The lowest BCUT2D eigenvalue weighted by atomic mass is 9.88. The summed E-state index contributed by atoms with van der Waals surface area (Å²) >= 11 is 0. The van der Waals surface area contributed by atoms with Crippen LogP contribution >= 0.6 is 0 Å². The number of hydrogen-bond acceptors (Lipinski definition) is 2. The van der Waals surface area contributed by atoms with Gasteiger partial charge in [0.2, 0.25) is 0 Å². The molecule has 2 heteroatoms. The van der Waals surface area contributed by atoms with Gasteiger partial charge in [-0.2, -0.15) is 0 Å². The average molecular weight is 242 g/mol. The minimum absolute atomic E-state index is 0.517. The third-order valence-electron chi connectivity index (χ3n) is 5.08. The lowest BCUT2D eigenvalue weighted by Gasteiger charge is -2.28. The third-order valence-corrected chi connectivity index (χ3v) is 5.08. The Labute approximate surface area is 109 Å². The van der Waals surface area contributed by atoms with Crippen LogP contribution in [0, 0.1) is 5.41 Å². The molecule has 0 radical (unpaired) electrons. The van der Waals surface area contributed by atoms with Crippen LogP contribution in [0.4, 0.5) is 5.69 Å². The maximum atomic E-state index is 3.55. The molecule has 4 rings (SSSR count). The summed E-state index contributed by atoms with van der Waals surface area (Å²) in [7, 11) is 0. The predicted octanol–water partition coefficient (Wildman–Crippen LogP) is 2.88. The minimum Gasteiger partial charge on any atom is -0.366 e. The van der Waals surface area contributed by atoms with Crippen molar-refractivity contribution >= 4 is 5.69 Å². The minimum atomic E-state index is 0.517. The third kappa shape index (κ3) is 1.38. The number of para-hydroxylation sites is 1. The van der Waals surface area contributed by atoms with E-state index in [9.17, 15) is 0 Å². The molecule has 2 aliphatic heterocycles. The largest absolute Gasteiger partial charge is 0.366 e. The van der Waals surface area contributed by atoms with Crippen LogP contribution in [0.1, 0.15) is 43.7 Å². The van der Waals surface area contributed by atoms with E-state index in [1.54, 1.807) is 11.3 Å². The van der Waals surface area contributed by atoms with E-state index in [0.29, 0.717) is 5.41 Å². The van der Waals surface area contributed by atoms with Crippen LogP contribution in [0.2, 0.25) is 0 Å². The van der Waals surface area contributed by atoms with Crippen molar-refractivity contribution in [1.29, 1.82) is 0 Å². The zero-order valence-corrected chi connectivity index (χ0v) is 11.4. The van der Waals surface area contributed by atoms with Crippen molar-refractivity contribution in [2.75, 3.05) is 18.0 Å². The Morgan fingerprint density at radius 2 is 2.17 bits per heavy atom. The summed E-state index contributed by atoms with van der Waals surface area (Å²) in [6.45, 7) is 8.22. The molecule has 0 aromatic heterocycles. The Morgan fingerprint density at radius 3 is 3.06 bits per heavy atom. The van der Waals surface area contributed by atoms with Gasteiger partial charge in [0.1, 0.15) is 0 Å². The van der Waals surface area contributed by atoms with Crippen molar-refractivity contribution in [3.63, 3.8) is 0 Å². The summed E-state index contributed by atoms with van der Waals surface area (Å²) in [6, 6.07) is 7.70. The number of fused-ring (bicyclic) bond motifs is 3. The molecule has 1 N–H and O–H groups in total. The number of anilines is 1. The molecule has 2 atom stereocenters. The molecule has 1 aromatic carbocycles. The Hall–Kier alpha value is -1.02. The van der Waals surface area contributed by atoms with E-state index in [1.807, 2.05) is 0 Å². The van der Waals surface area contributed by atoms with Gasteiger partial charge in [-0.3, -0.25) is 0 Å². The zero-order valence-electron chi connectivity index (χ0n) is 11.4. The van der Waals surface area contributed by atoms with Gasteiger partial charge in [0.05, 0.1) is 0 Å². The fourth-order valence-corrected chi connectivity index (χ4v) is 4.44. The number of rotatable bonds is 0. The highest BCUT2D eigenvalue weighted by atomic mass is 15.2. The van der Waals surface area contributed by atoms with Crippen LogP contribution in [0.5, 0.6) is 0 Å². The highest BCUT2D eigenvalue weighted by molar-refractivity contribution is 5.67. The Morgan fingerprint density at radius 1 is 1.28 bits per heavy atom. The van der Waals surface area contributed by atoms with Crippen LogP contribution in [-0.4, -0.2) is 19.1 Å². The van der Waals surface area contributed by atoms with Gasteiger partial charge in [-0.25, -0.2) is 0 Å². The topological polar surface area (TPSA) is 15.3 Å². The first-order valence-electron chi connectivity index (χ1n) is 7.25. The fraction of sp³-hybridized carbons (Fsp3) is 0.625. The van der Waals surface area contributed by atoms with Gasteiger partial charge in [0.15, 0.2) is 0 Å². The highest BCUT2D eigenvalue weighted by Crippen LogP contribution is 2.56. The number of hydrogen-bond donors (Lipinski definition) is 1. The molecule has 1 aromatic rings. The normalized spacial score (nSPS) is 32.0. The first kappa shape index (κ1) is 10.9. The molecular formula is C16H22N2. The molecular weight excluding hydrogens is 220 g/mol. The molecule has 0 saturated heterocycles. The summed E-state index contributed by atoms with van der Waals surface area (Å²) in [4.78, 5) is 2.71. The summed E-state index contributed by atoms with van der Waals surface area (Å²) < 4.78 is 0. The molecule has 0 unspecified atom stereocenters. The van der Waals surface area contributed by atoms with E-state index < -0.39 is 0 Å². The number of benzene rings is 1. The summed E-state index contributed by atoms with van der Waals surface area (Å²) in [5.74, 6) is 0.785. The number of nitrogens with one attached hydrogen (secondary N) is 1. The SMILES string of the molecule is CC1(C)C[C@@H]2c3cccc4c3N(CCNC4)[C@@H]2C1. The van der Waals surface area contributed by atoms with Gasteiger partial charge in [0.25, 0.3) is 0 Å². The summed E-state index contributed by atoms with van der Waals surface area (Å²) in [5.41, 5.74) is 5.24. The van der Waals surface area contributed by atoms with Gasteiger partial charge >= 0.3 is 0 Å². The maximum Gasteiger partial charge on any atom is 0.0451 e. The van der Waals surface area contributed by atoms with Gasteiger partial charge in [-0.05, 0) is 29.4 Å². The molecule has 1 aliphatic carbocycles. The molecule has 0 spiro atoms. The van der Waals surface area contributed by atoms with Crippen molar-refractivity contribution in [3.8, 4) is 0 Å². The number of nitrogens with zero attached hydrogens (tertiary/aromatic N) is 1. The van der Waals surface area contributed by atoms with Crippen LogP contribution in [0.15, 0.2) is 18.2 Å². The first-order chi connectivity index (χ1) is 8.66. The average Bonchev–Trinajstić information content (AvgIpc) is 2.68. The second-order valence-corrected chi connectivity index (χ2v) is 6.97.